The number of hydrogen-bond donors (Lipinski definition) is 0. The van der Waals surface area contributed by atoms with E-state index in [2.05, 4.69) is 55.6 Å². The maximum Gasteiger partial charge on any atom is 0.138 e. The van der Waals surface area contributed by atoms with E-state index in [0.717, 1.165) is 43.8 Å². The Hall–Kier alpha value is -2.44. The third kappa shape index (κ3) is 4.67. The molecular formula is C31H42N6. The van der Waals surface area contributed by atoms with Gasteiger partial charge in [0.05, 0.1) is 17.4 Å². The molecule has 4 aliphatic rings. The molecule has 37 heavy (non-hydrogen) atoms. The second kappa shape index (κ2) is 10.4. The number of hydrogen-bond acceptors (Lipinski definition) is 5. The number of pyridine rings is 2. The lowest BCUT2D eigenvalue weighted by Crippen LogP contribution is -2.45. The zero-order valence-electron chi connectivity index (χ0n) is 22.3. The van der Waals surface area contributed by atoms with E-state index < -0.39 is 0 Å². The summed E-state index contributed by atoms with van der Waals surface area (Å²) in [7, 11) is 0. The lowest BCUT2D eigenvalue weighted by Gasteiger charge is -2.44. The van der Waals surface area contributed by atoms with Gasteiger partial charge in [-0.25, -0.2) is 4.98 Å². The van der Waals surface area contributed by atoms with Crippen molar-refractivity contribution in [3.63, 3.8) is 0 Å². The van der Waals surface area contributed by atoms with Crippen molar-refractivity contribution in [2.75, 3.05) is 37.6 Å². The van der Waals surface area contributed by atoms with Crippen LogP contribution in [0, 0.1) is 5.92 Å². The highest BCUT2D eigenvalue weighted by atomic mass is 15.3. The van der Waals surface area contributed by atoms with Crippen LogP contribution in [-0.4, -0.2) is 62.9 Å². The van der Waals surface area contributed by atoms with E-state index in [1.54, 1.807) is 0 Å². The molecule has 0 spiro atoms. The van der Waals surface area contributed by atoms with Crippen LogP contribution in [-0.2, 0) is 13.0 Å². The molecule has 0 radical (unpaired) electrons. The van der Waals surface area contributed by atoms with E-state index in [0.29, 0.717) is 6.04 Å². The number of likely N-dealkylation sites (tertiary alicyclic amines) is 2. The summed E-state index contributed by atoms with van der Waals surface area (Å²) in [6.45, 7) is 6.96. The molecule has 6 heteroatoms. The van der Waals surface area contributed by atoms with Gasteiger partial charge < -0.3 is 9.80 Å². The monoisotopic (exact) mass is 498 g/mol. The summed E-state index contributed by atoms with van der Waals surface area (Å²) in [5, 5.41) is 0. The molecule has 0 unspecified atom stereocenters. The topological polar surface area (TPSA) is 39.9 Å². The third-order valence-corrected chi connectivity index (χ3v) is 9.68. The van der Waals surface area contributed by atoms with Gasteiger partial charge in [0.2, 0.25) is 0 Å². The van der Waals surface area contributed by atoms with Gasteiger partial charge in [-0.2, -0.15) is 0 Å². The van der Waals surface area contributed by atoms with Crippen molar-refractivity contribution in [1.29, 1.82) is 0 Å². The molecule has 3 aromatic heterocycles. The average Bonchev–Trinajstić information content (AvgIpc) is 3.16. The Bertz CT molecular complexity index is 1200. The van der Waals surface area contributed by atoms with Crippen LogP contribution in [0.2, 0.25) is 0 Å². The Kier molecular flexibility index (Phi) is 6.63. The molecule has 0 saturated carbocycles. The van der Waals surface area contributed by atoms with Gasteiger partial charge >= 0.3 is 0 Å². The predicted octanol–water partition coefficient (Wildman–Crippen LogP) is 5.47. The van der Waals surface area contributed by atoms with E-state index in [1.807, 2.05) is 6.20 Å². The number of anilines is 1. The highest BCUT2D eigenvalue weighted by Crippen LogP contribution is 2.43. The Balaban J connectivity index is 1.09. The minimum atomic E-state index is 0.445. The summed E-state index contributed by atoms with van der Waals surface area (Å²) < 4.78 is 2.36. The van der Waals surface area contributed by atoms with Crippen LogP contribution < -0.4 is 4.90 Å². The number of nitrogens with zero attached hydrogens (tertiary/aromatic N) is 6. The van der Waals surface area contributed by atoms with Gasteiger partial charge in [0, 0.05) is 38.1 Å². The van der Waals surface area contributed by atoms with Crippen LogP contribution in [0.25, 0.3) is 5.65 Å². The van der Waals surface area contributed by atoms with Gasteiger partial charge in [-0.15, -0.1) is 0 Å². The van der Waals surface area contributed by atoms with Crippen molar-refractivity contribution in [3.8, 4) is 0 Å². The van der Waals surface area contributed by atoms with Gasteiger partial charge in [0.15, 0.2) is 0 Å². The van der Waals surface area contributed by atoms with Gasteiger partial charge in [-0.1, -0.05) is 25.0 Å². The molecule has 6 heterocycles. The molecule has 3 aliphatic heterocycles. The van der Waals surface area contributed by atoms with Crippen LogP contribution in [0.1, 0.15) is 80.8 Å². The first-order valence-electron chi connectivity index (χ1n) is 15.0. The fraction of sp³-hybridized carbons (Fsp3) is 0.613. The zero-order valence-corrected chi connectivity index (χ0v) is 22.3. The van der Waals surface area contributed by atoms with Gasteiger partial charge in [-0.3, -0.25) is 14.3 Å². The summed E-state index contributed by atoms with van der Waals surface area (Å²) in [6, 6.07) is 12.3. The lowest BCUT2D eigenvalue weighted by molar-refractivity contribution is 0.0687. The number of aryl methyl sites for hydroxylation is 1. The van der Waals surface area contributed by atoms with E-state index in [1.165, 1.54) is 100 Å². The number of imidazole rings is 1. The fourth-order valence-electron chi connectivity index (χ4n) is 7.81. The van der Waals surface area contributed by atoms with Crippen LogP contribution in [0.15, 0.2) is 42.7 Å². The average molecular weight is 499 g/mol. The Morgan fingerprint density at radius 1 is 0.811 bits per heavy atom. The van der Waals surface area contributed by atoms with Crippen LogP contribution in [0.4, 0.5) is 5.82 Å². The van der Waals surface area contributed by atoms with Gasteiger partial charge in [-0.05, 0) is 101 Å². The molecule has 3 fully saturated rings. The molecule has 3 aromatic rings. The number of fused-ring (bicyclic) bond motifs is 4. The second-order valence-electron chi connectivity index (χ2n) is 11.9. The number of piperidine rings is 2. The summed E-state index contributed by atoms with van der Waals surface area (Å²) in [6.07, 6.45) is 17.6. The molecule has 0 amide bonds. The summed E-state index contributed by atoms with van der Waals surface area (Å²) in [5.41, 5.74) is 5.06. The summed E-state index contributed by atoms with van der Waals surface area (Å²) >= 11 is 0. The SMILES string of the molecule is c1cnc2c(c1)CC[C@@H]1CCCN(Cc3cn4c(N5CCC(N6CCCCCC6)CC5)cccc4n3)[C@H]21. The van der Waals surface area contributed by atoms with Crippen LogP contribution in [0.5, 0.6) is 0 Å². The van der Waals surface area contributed by atoms with Crippen molar-refractivity contribution in [2.24, 2.45) is 5.92 Å². The molecule has 196 valence electrons. The standard InChI is InChI=1S/C31H42N6/c1-2-4-18-34(17-3-1)27-14-20-35(21-15-27)29-11-5-10-28-33-26(23-37(28)29)22-36-19-7-9-25-13-12-24-8-6-16-32-30(24)31(25)36/h5-6,8,10-11,16,23,25,27,31H,1-4,7,9,12-15,17-22H2/t25-,31-/m0/s1. The molecule has 1 aliphatic carbocycles. The highest BCUT2D eigenvalue weighted by molar-refractivity contribution is 5.53. The smallest absolute Gasteiger partial charge is 0.138 e. The molecule has 0 aromatic carbocycles. The van der Waals surface area contributed by atoms with Crippen molar-refractivity contribution >= 4 is 11.5 Å². The van der Waals surface area contributed by atoms with Crippen molar-refractivity contribution < 1.29 is 0 Å². The minimum absolute atomic E-state index is 0.445. The first kappa shape index (κ1) is 23.7. The maximum atomic E-state index is 5.12. The Morgan fingerprint density at radius 3 is 2.54 bits per heavy atom. The largest absolute Gasteiger partial charge is 0.358 e. The van der Waals surface area contributed by atoms with Crippen molar-refractivity contribution in [3.05, 3.63) is 59.7 Å². The second-order valence-corrected chi connectivity index (χ2v) is 11.9. The molecule has 0 bridgehead atoms. The number of aromatic nitrogens is 3. The lowest BCUT2D eigenvalue weighted by atomic mass is 9.77. The summed E-state index contributed by atoms with van der Waals surface area (Å²) in [5.74, 6) is 2.04. The van der Waals surface area contributed by atoms with Gasteiger partial charge in [0.1, 0.15) is 11.5 Å². The third-order valence-electron chi connectivity index (χ3n) is 9.68. The quantitative estimate of drug-likeness (QED) is 0.477. The van der Waals surface area contributed by atoms with Crippen molar-refractivity contribution in [1.82, 2.24) is 24.2 Å². The molecule has 7 rings (SSSR count). The fourth-order valence-corrected chi connectivity index (χ4v) is 7.81. The number of rotatable bonds is 4. The Labute approximate surface area is 221 Å². The Morgan fingerprint density at radius 2 is 1.68 bits per heavy atom. The van der Waals surface area contributed by atoms with E-state index in [4.69, 9.17) is 9.97 Å². The highest BCUT2D eigenvalue weighted by Gasteiger charge is 2.37. The predicted molar refractivity (Wildman–Crippen MR) is 149 cm³/mol. The first-order chi connectivity index (χ1) is 18.3. The van der Waals surface area contributed by atoms with Crippen molar-refractivity contribution in [2.45, 2.75) is 82.8 Å². The first-order valence-corrected chi connectivity index (χ1v) is 15.0. The van der Waals surface area contributed by atoms with Gasteiger partial charge in [0.25, 0.3) is 0 Å². The molecule has 0 N–H and O–H groups in total. The molecule has 2 atom stereocenters. The van der Waals surface area contributed by atoms with E-state index in [9.17, 15) is 0 Å². The van der Waals surface area contributed by atoms with Crippen LogP contribution >= 0.6 is 0 Å². The van der Waals surface area contributed by atoms with E-state index in [-0.39, 0.29) is 0 Å². The normalized spacial score (nSPS) is 26.1. The molecule has 6 nitrogen and oxygen atoms in total. The summed E-state index contributed by atoms with van der Waals surface area (Å²) in [4.78, 5) is 18.1. The molecular weight excluding hydrogens is 456 g/mol. The van der Waals surface area contributed by atoms with Crippen LogP contribution in [0.3, 0.4) is 0 Å². The van der Waals surface area contributed by atoms with E-state index >= 15 is 0 Å². The zero-order chi connectivity index (χ0) is 24.6. The minimum Gasteiger partial charge on any atom is -0.358 e. The molecule has 3 saturated heterocycles. The maximum absolute atomic E-state index is 5.12.